The van der Waals surface area contributed by atoms with Crippen LogP contribution in [0.5, 0.6) is 0 Å². The number of hydrogen-bond donors (Lipinski definition) is 6. The van der Waals surface area contributed by atoms with Gasteiger partial charge in [-0.3, -0.25) is 52.7 Å². The summed E-state index contributed by atoms with van der Waals surface area (Å²) in [6.07, 6.45) is 6.20. The average Bonchev–Trinajstić information content (AvgIpc) is 3.77. The third kappa shape index (κ3) is 22.8. The summed E-state index contributed by atoms with van der Waals surface area (Å²) in [5.41, 5.74) is -1.67. The molecule has 1 aliphatic carbocycles. The molecule has 71 heavy (non-hydrogen) atoms. The minimum absolute atomic E-state index is 0.0541. The number of rotatable bonds is 27. The van der Waals surface area contributed by atoms with E-state index in [1.54, 1.807) is 62.3 Å². The van der Waals surface area contributed by atoms with Gasteiger partial charge < -0.3 is 51.0 Å². The molecule has 0 spiro atoms. The van der Waals surface area contributed by atoms with Gasteiger partial charge in [0.25, 0.3) is 5.91 Å². The number of carbonyl (C=O) groups excluding carboxylic acids is 11. The van der Waals surface area contributed by atoms with Crippen LogP contribution in [0.3, 0.4) is 0 Å². The molecular weight excluding hydrogens is 923 g/mol. The Kier molecular flexibility index (Phi) is 25.4. The summed E-state index contributed by atoms with van der Waals surface area (Å²) in [4.78, 5) is 148. The predicted octanol–water partition coefficient (Wildman–Crippen LogP) is 2.51. The second-order valence-corrected chi connectivity index (χ2v) is 20.7. The van der Waals surface area contributed by atoms with Gasteiger partial charge in [-0.05, 0) is 91.9 Å². The molecule has 21 heteroatoms. The molecule has 1 saturated carbocycles. The molecule has 1 aliphatic heterocycles. The summed E-state index contributed by atoms with van der Waals surface area (Å²) >= 11 is 0. The SMILES string of the molecule is C=CCOC(=O)CNC(=O)C(=O)C(CCC)NC(=O)[C@@H]1CCCN1C(=O)[C@H](CC1CCCCC1)NC(=O)[C@@H](NC(=O)[C@H](CCC(=O)OC(C)(C)C)NC(=O)[C@H](CCC(=O)OC(C)(C)C)NC(C)=O)C(C)C. The number of amides is 7. The molecule has 2 aliphatic rings. The van der Waals surface area contributed by atoms with Crippen LogP contribution in [0, 0.1) is 11.8 Å². The minimum Gasteiger partial charge on any atom is -0.460 e. The summed E-state index contributed by atoms with van der Waals surface area (Å²) in [7, 11) is 0. The van der Waals surface area contributed by atoms with Crippen molar-refractivity contribution in [3.63, 3.8) is 0 Å². The van der Waals surface area contributed by atoms with Gasteiger partial charge in [0, 0.05) is 26.3 Å². The monoisotopic (exact) mass is 1000 g/mol. The summed E-state index contributed by atoms with van der Waals surface area (Å²) < 4.78 is 15.6. The van der Waals surface area contributed by atoms with E-state index < -0.39 is 125 Å². The molecule has 0 aromatic heterocycles. The van der Waals surface area contributed by atoms with Gasteiger partial charge in [-0.1, -0.05) is 72.0 Å². The van der Waals surface area contributed by atoms with Crippen molar-refractivity contribution in [2.75, 3.05) is 19.7 Å². The molecule has 0 bridgehead atoms. The number of Topliss-reactive ketones (excluding diaryl/α,β-unsaturated/α-hetero) is 1. The van der Waals surface area contributed by atoms with Crippen molar-refractivity contribution in [2.24, 2.45) is 11.8 Å². The third-order valence-electron chi connectivity index (χ3n) is 11.6. The summed E-state index contributed by atoms with van der Waals surface area (Å²) in [6.45, 7) is 19.3. The van der Waals surface area contributed by atoms with Gasteiger partial charge in [-0.15, -0.1) is 0 Å². The Morgan fingerprint density at radius 2 is 1.21 bits per heavy atom. The first-order chi connectivity index (χ1) is 33.2. The second kappa shape index (κ2) is 29.5. The van der Waals surface area contributed by atoms with Gasteiger partial charge in [-0.25, -0.2) is 0 Å². The summed E-state index contributed by atoms with van der Waals surface area (Å²) in [5, 5.41) is 15.5. The Labute approximate surface area is 418 Å². The lowest BCUT2D eigenvalue weighted by molar-refractivity contribution is -0.156. The van der Waals surface area contributed by atoms with Crippen molar-refractivity contribution < 1.29 is 67.0 Å². The molecule has 1 unspecified atom stereocenters. The van der Waals surface area contributed by atoms with Crippen LogP contribution in [0.4, 0.5) is 0 Å². The number of ether oxygens (including phenoxy) is 3. The molecule has 1 heterocycles. The van der Waals surface area contributed by atoms with Crippen LogP contribution < -0.4 is 31.9 Å². The molecule has 400 valence electrons. The van der Waals surface area contributed by atoms with Crippen LogP contribution >= 0.6 is 0 Å². The summed E-state index contributed by atoms with van der Waals surface area (Å²) in [6, 6.07) is -7.45. The van der Waals surface area contributed by atoms with Crippen LogP contribution in [0.25, 0.3) is 0 Å². The van der Waals surface area contributed by atoms with E-state index in [2.05, 4.69) is 38.5 Å². The van der Waals surface area contributed by atoms with Crippen molar-refractivity contribution in [1.82, 2.24) is 36.8 Å². The highest BCUT2D eigenvalue weighted by atomic mass is 16.6. The van der Waals surface area contributed by atoms with Gasteiger partial charge in [-0.2, -0.15) is 0 Å². The van der Waals surface area contributed by atoms with Crippen molar-refractivity contribution in [2.45, 2.75) is 207 Å². The van der Waals surface area contributed by atoms with E-state index >= 15 is 0 Å². The predicted molar refractivity (Wildman–Crippen MR) is 260 cm³/mol. The molecule has 0 aromatic carbocycles. The van der Waals surface area contributed by atoms with Crippen LogP contribution in [0.1, 0.15) is 159 Å². The standard InChI is InChI=1S/C50H81N7O14/c1-12-18-33(42(62)47(67)51-29-40(61)69-27-13-2)53-45(65)37-21-17-26-57(37)48(68)36(28-32-19-15-14-16-20-32)55-46(66)41(30(3)4)56-44(64)35(23-25-39(60)71-50(9,10)11)54-43(63)34(52-31(5)58)22-24-38(59)70-49(6,7)8/h13,30,32-37,41H,2,12,14-29H2,1,3-11H3,(H,51,67)(H,52,58)(H,53,65)(H,54,63)(H,55,66)(H,56,64)/t33?,34-,35-,36-,37-,41-/m0/s1. The molecule has 6 atom stereocenters. The van der Waals surface area contributed by atoms with Gasteiger partial charge in [0.2, 0.25) is 41.2 Å². The number of nitrogens with one attached hydrogen (secondary N) is 6. The highest BCUT2D eigenvalue weighted by Crippen LogP contribution is 2.29. The third-order valence-corrected chi connectivity index (χ3v) is 11.6. The zero-order chi connectivity index (χ0) is 53.6. The van der Waals surface area contributed by atoms with Gasteiger partial charge in [0.05, 0.1) is 6.04 Å². The van der Waals surface area contributed by atoms with E-state index in [0.29, 0.717) is 12.8 Å². The maximum absolute atomic E-state index is 14.7. The fraction of sp³-hybridized carbons (Fsp3) is 0.740. The largest absolute Gasteiger partial charge is 0.460 e. The average molecular weight is 1000 g/mol. The Morgan fingerprint density at radius 1 is 0.662 bits per heavy atom. The van der Waals surface area contributed by atoms with Crippen LogP contribution in [-0.4, -0.2) is 137 Å². The molecule has 0 radical (unpaired) electrons. The highest BCUT2D eigenvalue weighted by Gasteiger charge is 2.41. The van der Waals surface area contributed by atoms with E-state index in [9.17, 15) is 52.7 Å². The second-order valence-electron chi connectivity index (χ2n) is 20.7. The lowest BCUT2D eigenvalue weighted by Gasteiger charge is -2.33. The number of carbonyl (C=O) groups is 11. The minimum atomic E-state index is -1.45. The quantitative estimate of drug-likeness (QED) is 0.0299. The first-order valence-corrected chi connectivity index (χ1v) is 25.0. The smallest absolute Gasteiger partial charge is 0.325 e. The van der Waals surface area contributed by atoms with Crippen molar-refractivity contribution in [1.29, 1.82) is 0 Å². The Hall–Kier alpha value is -5.89. The normalized spacial score (nSPS) is 17.2. The number of ketones is 1. The van der Waals surface area contributed by atoms with Crippen LogP contribution in [-0.2, 0) is 67.0 Å². The molecule has 21 nitrogen and oxygen atoms in total. The number of esters is 3. The zero-order valence-electron chi connectivity index (χ0n) is 43.6. The topological polar surface area (TPSA) is 291 Å². The number of likely N-dealkylation sites (tertiary alicyclic amines) is 1. The van der Waals surface area contributed by atoms with E-state index in [-0.39, 0.29) is 64.0 Å². The number of nitrogens with zero attached hydrogens (tertiary/aromatic N) is 1. The molecule has 2 fully saturated rings. The van der Waals surface area contributed by atoms with Gasteiger partial charge >= 0.3 is 17.9 Å². The first kappa shape index (κ1) is 61.2. The summed E-state index contributed by atoms with van der Waals surface area (Å²) in [5.74, 6) is -8.88. The molecule has 6 N–H and O–H groups in total. The van der Waals surface area contributed by atoms with E-state index in [4.69, 9.17) is 14.2 Å². The Bertz CT molecular complexity index is 1900. The van der Waals surface area contributed by atoms with Crippen molar-refractivity contribution in [3.05, 3.63) is 12.7 Å². The molecule has 7 amide bonds. The van der Waals surface area contributed by atoms with Gasteiger partial charge in [0.1, 0.15) is 54.6 Å². The molecule has 1 saturated heterocycles. The molecule has 2 rings (SSSR count). The maximum Gasteiger partial charge on any atom is 0.325 e. The van der Waals surface area contributed by atoms with Crippen molar-refractivity contribution >= 4 is 65.0 Å². The van der Waals surface area contributed by atoms with Gasteiger partial charge in [0.15, 0.2) is 0 Å². The highest BCUT2D eigenvalue weighted by molar-refractivity contribution is 6.38. The lowest BCUT2D eigenvalue weighted by Crippen LogP contribution is -2.60. The van der Waals surface area contributed by atoms with E-state index in [1.807, 2.05) is 0 Å². The lowest BCUT2D eigenvalue weighted by atomic mass is 9.84. The Morgan fingerprint density at radius 3 is 1.73 bits per heavy atom. The van der Waals surface area contributed by atoms with E-state index in [1.165, 1.54) is 17.9 Å². The fourth-order valence-electron chi connectivity index (χ4n) is 8.32. The number of hydrogen-bond acceptors (Lipinski definition) is 14. The van der Waals surface area contributed by atoms with Crippen molar-refractivity contribution in [3.8, 4) is 0 Å². The molecule has 0 aromatic rings. The van der Waals surface area contributed by atoms with E-state index in [0.717, 1.165) is 32.1 Å². The van der Waals surface area contributed by atoms with Crippen LogP contribution in [0.2, 0.25) is 0 Å². The fourth-order valence-corrected chi connectivity index (χ4v) is 8.32. The maximum atomic E-state index is 14.7. The van der Waals surface area contributed by atoms with Crippen LogP contribution in [0.15, 0.2) is 12.7 Å². The first-order valence-electron chi connectivity index (χ1n) is 25.0. The molecular formula is C50H81N7O14. The Balaban J connectivity index is 2.40. The zero-order valence-corrected chi connectivity index (χ0v) is 43.6.